The largest absolute Gasteiger partial charge is 0.545 e. The predicted octanol–water partition coefficient (Wildman–Crippen LogP) is 11.3. The number of rotatable bonds is 23. The van der Waals surface area contributed by atoms with Crippen LogP contribution in [0.4, 0.5) is 0 Å². The summed E-state index contributed by atoms with van der Waals surface area (Å²) >= 11 is 2.23. The van der Waals surface area contributed by atoms with Crippen molar-refractivity contribution in [3.05, 3.63) is 119 Å². The molecule has 4 aromatic rings. The van der Waals surface area contributed by atoms with Crippen molar-refractivity contribution in [1.29, 1.82) is 0 Å². The zero-order valence-corrected chi connectivity index (χ0v) is 36.1. The summed E-state index contributed by atoms with van der Waals surface area (Å²) in [6, 6.07) is 25.8. The number of benzene rings is 4. The van der Waals surface area contributed by atoms with Gasteiger partial charge < -0.3 is 29.7 Å². The van der Waals surface area contributed by atoms with Crippen molar-refractivity contribution in [2.75, 3.05) is 27.7 Å². The molecule has 0 unspecified atom stereocenters. The lowest BCUT2D eigenvalue weighted by atomic mass is 10.0. The van der Waals surface area contributed by atoms with Crippen LogP contribution in [-0.4, -0.2) is 71.4 Å². The Balaban J connectivity index is 0.000000300. The maximum atomic E-state index is 11.1. The van der Waals surface area contributed by atoms with E-state index in [1.54, 1.807) is 72.8 Å². The van der Waals surface area contributed by atoms with Crippen molar-refractivity contribution in [1.82, 2.24) is 0 Å². The van der Waals surface area contributed by atoms with Crippen molar-refractivity contribution < 1.29 is 44.1 Å². The van der Waals surface area contributed by atoms with Crippen LogP contribution in [0.2, 0.25) is 0 Å². The normalized spacial score (nSPS) is 10.8. The van der Waals surface area contributed by atoms with Crippen LogP contribution in [0, 0.1) is 0 Å². The van der Waals surface area contributed by atoms with Crippen LogP contribution in [-0.2, 0) is 0 Å². The highest BCUT2D eigenvalue weighted by Gasteiger charge is 2.15. The number of carbonyl (C=O) groups excluding carboxylic acids is 1. The summed E-state index contributed by atoms with van der Waals surface area (Å²) < 4.78 is 1.12. The zero-order valence-electron chi connectivity index (χ0n) is 34.5. The molecular formula is C47H61NO8S2. The van der Waals surface area contributed by atoms with Crippen molar-refractivity contribution in [3.63, 3.8) is 0 Å². The van der Waals surface area contributed by atoms with Gasteiger partial charge in [0.2, 0.25) is 0 Å². The van der Waals surface area contributed by atoms with E-state index in [1.165, 1.54) is 121 Å². The minimum Gasteiger partial charge on any atom is -0.545 e. The first-order valence-corrected chi connectivity index (χ1v) is 21.8. The molecule has 0 spiro atoms. The second kappa shape index (κ2) is 27.9. The van der Waals surface area contributed by atoms with E-state index in [9.17, 15) is 24.3 Å². The Morgan fingerprint density at radius 1 is 0.448 bits per heavy atom. The Bertz CT molecular complexity index is 1630. The van der Waals surface area contributed by atoms with Crippen LogP contribution in [0.25, 0.3) is 0 Å². The number of nitrogens with zero attached hydrogens (tertiary/aromatic N) is 1. The number of carbonyl (C=O) groups is 4. The van der Waals surface area contributed by atoms with Crippen molar-refractivity contribution in [2.24, 2.45) is 0 Å². The summed E-state index contributed by atoms with van der Waals surface area (Å²) in [6.07, 6.45) is 20.4. The molecule has 0 bridgehead atoms. The van der Waals surface area contributed by atoms with Gasteiger partial charge in [-0.2, -0.15) is 0 Å². The van der Waals surface area contributed by atoms with Gasteiger partial charge in [-0.15, -0.1) is 0 Å². The molecule has 0 heterocycles. The van der Waals surface area contributed by atoms with E-state index in [4.69, 9.17) is 15.3 Å². The van der Waals surface area contributed by atoms with Crippen LogP contribution < -0.4 is 5.11 Å². The molecule has 9 nitrogen and oxygen atoms in total. The molecule has 0 amide bonds. The average molecular weight is 832 g/mol. The molecule has 0 aliphatic rings. The molecule has 58 heavy (non-hydrogen) atoms. The van der Waals surface area contributed by atoms with Gasteiger partial charge in [-0.25, -0.2) is 14.4 Å². The standard InChI is InChI=1S/C19H42N.2C14H10O4S/c1-5-6-7-8-9-10-11-12-13-14-15-16-17-18-19-20(2,3)4;2*15-13(16)9-5-1-3-7-11(9)19-12-8-4-2-6-10(12)14(17)18/h5-19H2,1-4H3;2*1-8H,(H,15,16)(H,17,18)/q+1;;/p-1. The summed E-state index contributed by atoms with van der Waals surface area (Å²) in [5.74, 6) is -4.39. The van der Waals surface area contributed by atoms with Crippen molar-refractivity contribution in [2.45, 2.75) is 116 Å². The van der Waals surface area contributed by atoms with E-state index in [0.717, 1.165) is 28.0 Å². The summed E-state index contributed by atoms with van der Waals surface area (Å²) in [6.45, 7) is 3.63. The monoisotopic (exact) mass is 831 g/mol. The van der Waals surface area contributed by atoms with Gasteiger partial charge in [0.05, 0.1) is 50.3 Å². The number of hydrogen-bond acceptors (Lipinski definition) is 7. The van der Waals surface area contributed by atoms with Crippen LogP contribution in [0.15, 0.2) is 117 Å². The maximum absolute atomic E-state index is 11.1. The van der Waals surface area contributed by atoms with E-state index in [-0.39, 0.29) is 22.3 Å². The minimum absolute atomic E-state index is 0.0488. The Hall–Kier alpha value is -4.58. The minimum atomic E-state index is -1.28. The van der Waals surface area contributed by atoms with Crippen molar-refractivity contribution in [3.8, 4) is 0 Å². The fourth-order valence-electron chi connectivity index (χ4n) is 5.94. The van der Waals surface area contributed by atoms with E-state index in [0.29, 0.717) is 19.6 Å². The van der Waals surface area contributed by atoms with Gasteiger partial charge in [-0.05, 0) is 55.3 Å². The van der Waals surface area contributed by atoms with Gasteiger partial charge in [0.1, 0.15) is 0 Å². The molecule has 0 saturated heterocycles. The van der Waals surface area contributed by atoms with E-state index in [1.807, 2.05) is 0 Å². The zero-order chi connectivity index (χ0) is 42.8. The third-order valence-electron chi connectivity index (χ3n) is 9.08. The predicted molar refractivity (Wildman–Crippen MR) is 232 cm³/mol. The van der Waals surface area contributed by atoms with Crippen LogP contribution >= 0.6 is 23.5 Å². The third-order valence-corrected chi connectivity index (χ3v) is 11.4. The quantitative estimate of drug-likeness (QED) is 0.0486. The van der Waals surface area contributed by atoms with Crippen LogP contribution in [0.3, 0.4) is 0 Å². The average Bonchev–Trinajstić information content (AvgIpc) is 3.18. The number of carboxylic acid groups (broad SMARTS) is 4. The molecule has 0 radical (unpaired) electrons. The third kappa shape index (κ3) is 20.2. The maximum Gasteiger partial charge on any atom is 0.336 e. The molecular weight excluding hydrogens is 771 g/mol. The van der Waals surface area contributed by atoms with Gasteiger partial charge in [-0.3, -0.25) is 0 Å². The first kappa shape index (κ1) is 49.6. The number of quaternary nitrogens is 1. The van der Waals surface area contributed by atoms with Crippen LogP contribution in [0.5, 0.6) is 0 Å². The summed E-state index contributed by atoms with van der Waals surface area (Å²) in [5, 5.41) is 38.3. The summed E-state index contributed by atoms with van der Waals surface area (Å²) in [5.41, 5.74) is 0.508. The van der Waals surface area contributed by atoms with E-state index in [2.05, 4.69) is 28.1 Å². The lowest BCUT2D eigenvalue weighted by Gasteiger charge is -2.23. The second-order valence-electron chi connectivity index (χ2n) is 15.0. The van der Waals surface area contributed by atoms with Gasteiger partial charge in [-0.1, -0.05) is 162 Å². The van der Waals surface area contributed by atoms with Crippen LogP contribution in [0.1, 0.15) is 138 Å². The van der Waals surface area contributed by atoms with E-state index < -0.39 is 23.9 Å². The molecule has 4 aromatic carbocycles. The second-order valence-corrected chi connectivity index (χ2v) is 17.2. The van der Waals surface area contributed by atoms with Gasteiger partial charge in [0.25, 0.3) is 0 Å². The first-order valence-electron chi connectivity index (χ1n) is 20.2. The fraction of sp³-hybridized carbons (Fsp3) is 0.404. The Labute approximate surface area is 353 Å². The molecule has 4 rings (SSSR count). The number of hydrogen-bond donors (Lipinski definition) is 3. The molecule has 0 aliphatic heterocycles. The molecule has 11 heteroatoms. The molecule has 0 aromatic heterocycles. The molecule has 3 N–H and O–H groups in total. The highest BCUT2D eigenvalue weighted by Crippen LogP contribution is 2.34. The molecule has 314 valence electrons. The smallest absolute Gasteiger partial charge is 0.336 e. The van der Waals surface area contributed by atoms with Gasteiger partial charge >= 0.3 is 17.9 Å². The summed E-state index contributed by atoms with van der Waals surface area (Å²) in [7, 11) is 6.88. The van der Waals surface area contributed by atoms with Crippen molar-refractivity contribution >= 4 is 47.4 Å². The molecule has 0 aliphatic carbocycles. The number of unbranched alkanes of at least 4 members (excludes halogenated alkanes) is 13. The lowest BCUT2D eigenvalue weighted by Crippen LogP contribution is -2.35. The highest BCUT2D eigenvalue weighted by molar-refractivity contribution is 7.99. The Morgan fingerprint density at radius 3 is 0.983 bits per heavy atom. The SMILES string of the molecule is CCCCCCCCCCCCCCCC[N+](C)(C)C.O=C(O)c1ccccc1Sc1ccccc1C(=O)O.O=C([O-])c1ccccc1Sc1ccccc1C(=O)O. The first-order chi connectivity index (χ1) is 27.7. The highest BCUT2D eigenvalue weighted by atomic mass is 32.2. The Morgan fingerprint density at radius 2 is 0.707 bits per heavy atom. The number of carboxylic acids is 4. The van der Waals surface area contributed by atoms with Gasteiger partial charge in [0, 0.05) is 25.1 Å². The van der Waals surface area contributed by atoms with Gasteiger partial charge in [0.15, 0.2) is 0 Å². The summed E-state index contributed by atoms with van der Waals surface area (Å²) in [4.78, 5) is 46.3. The van der Waals surface area contributed by atoms with E-state index >= 15 is 0 Å². The molecule has 0 atom stereocenters. The Kier molecular flexibility index (Phi) is 23.9. The number of aromatic carboxylic acids is 4. The molecule has 0 fully saturated rings. The topological polar surface area (TPSA) is 152 Å². The molecule has 0 saturated carbocycles. The lowest BCUT2D eigenvalue weighted by molar-refractivity contribution is -0.870. The fourth-order valence-corrected chi connectivity index (χ4v) is 8.06.